The van der Waals surface area contributed by atoms with E-state index in [0.717, 1.165) is 22.6 Å². The maximum atomic E-state index is 11.9. The number of hydrazine groups is 1. The highest BCUT2D eigenvalue weighted by molar-refractivity contribution is 7.80. The summed E-state index contributed by atoms with van der Waals surface area (Å²) in [5.41, 5.74) is 10.3. The lowest BCUT2D eigenvalue weighted by Gasteiger charge is -2.14. The Balaban J connectivity index is 1.85. The van der Waals surface area contributed by atoms with Crippen LogP contribution in [-0.2, 0) is 11.3 Å². The summed E-state index contributed by atoms with van der Waals surface area (Å²) in [6, 6.07) is 7.85. The zero-order valence-corrected chi connectivity index (χ0v) is 14.5. The van der Waals surface area contributed by atoms with Gasteiger partial charge in [0.1, 0.15) is 6.54 Å². The number of benzene rings is 1. The maximum Gasteiger partial charge on any atom is 0.260 e. The van der Waals surface area contributed by atoms with E-state index in [0.29, 0.717) is 5.11 Å². The number of aryl methyl sites for hydroxylation is 3. The Hall–Kier alpha value is -2.41. The summed E-state index contributed by atoms with van der Waals surface area (Å²) in [6.07, 6.45) is 0. The number of aromatic nitrogens is 2. The molecular formula is C16H21N5OS. The van der Waals surface area contributed by atoms with Crippen molar-refractivity contribution >= 4 is 28.9 Å². The van der Waals surface area contributed by atoms with Gasteiger partial charge in [-0.15, -0.1) is 0 Å². The fourth-order valence-corrected chi connectivity index (χ4v) is 2.34. The van der Waals surface area contributed by atoms with Crippen molar-refractivity contribution in [2.24, 2.45) is 0 Å². The molecule has 0 saturated carbocycles. The van der Waals surface area contributed by atoms with Crippen LogP contribution in [0.2, 0.25) is 0 Å². The van der Waals surface area contributed by atoms with Gasteiger partial charge in [0.25, 0.3) is 5.91 Å². The zero-order valence-electron chi connectivity index (χ0n) is 13.7. The molecule has 1 aromatic carbocycles. The van der Waals surface area contributed by atoms with Gasteiger partial charge >= 0.3 is 0 Å². The third-order valence-corrected chi connectivity index (χ3v) is 3.77. The van der Waals surface area contributed by atoms with Crippen LogP contribution in [0.5, 0.6) is 0 Å². The van der Waals surface area contributed by atoms with Crippen LogP contribution in [0.15, 0.2) is 24.3 Å². The van der Waals surface area contributed by atoms with Crippen LogP contribution < -0.4 is 16.2 Å². The molecule has 0 fully saturated rings. The third kappa shape index (κ3) is 4.53. The SMILES string of the molecule is Cc1cc(C)n(CC(=O)NNC(=S)Nc2cccc(C)c2C)n1. The molecule has 6 nitrogen and oxygen atoms in total. The van der Waals surface area contributed by atoms with Crippen molar-refractivity contribution in [1.29, 1.82) is 0 Å². The Labute approximate surface area is 141 Å². The Morgan fingerprint density at radius 2 is 1.96 bits per heavy atom. The topological polar surface area (TPSA) is 71.0 Å². The molecule has 0 aliphatic heterocycles. The average molecular weight is 331 g/mol. The summed E-state index contributed by atoms with van der Waals surface area (Å²) in [4.78, 5) is 11.9. The summed E-state index contributed by atoms with van der Waals surface area (Å²) in [5, 5.41) is 7.65. The number of nitrogens with zero attached hydrogens (tertiary/aromatic N) is 2. The molecule has 1 heterocycles. The molecule has 122 valence electrons. The van der Waals surface area contributed by atoms with E-state index >= 15 is 0 Å². The highest BCUT2D eigenvalue weighted by Gasteiger charge is 2.08. The number of rotatable bonds is 3. The van der Waals surface area contributed by atoms with E-state index in [9.17, 15) is 4.79 Å². The van der Waals surface area contributed by atoms with E-state index in [1.54, 1.807) is 4.68 Å². The molecule has 1 aromatic heterocycles. The first-order chi connectivity index (χ1) is 10.9. The number of carbonyl (C=O) groups is 1. The minimum absolute atomic E-state index is 0.138. The molecule has 0 bridgehead atoms. The monoisotopic (exact) mass is 331 g/mol. The summed E-state index contributed by atoms with van der Waals surface area (Å²) >= 11 is 5.19. The number of hydrogen-bond donors (Lipinski definition) is 3. The zero-order chi connectivity index (χ0) is 17.0. The number of thiocarbonyl (C=S) groups is 1. The number of anilines is 1. The summed E-state index contributed by atoms with van der Waals surface area (Å²) < 4.78 is 1.65. The second-order valence-corrected chi connectivity index (χ2v) is 5.87. The van der Waals surface area contributed by atoms with Gasteiger partial charge in [-0.2, -0.15) is 5.10 Å². The number of hydrogen-bond acceptors (Lipinski definition) is 3. The van der Waals surface area contributed by atoms with Crippen LogP contribution in [-0.4, -0.2) is 20.8 Å². The smallest absolute Gasteiger partial charge is 0.260 e. The van der Waals surface area contributed by atoms with Gasteiger partial charge in [0.2, 0.25) is 0 Å². The molecule has 23 heavy (non-hydrogen) atoms. The van der Waals surface area contributed by atoms with Gasteiger partial charge in [0.05, 0.1) is 5.69 Å². The predicted octanol–water partition coefficient (Wildman–Crippen LogP) is 2.13. The predicted molar refractivity (Wildman–Crippen MR) is 95.1 cm³/mol. The molecule has 0 unspecified atom stereocenters. The van der Waals surface area contributed by atoms with Crippen molar-refractivity contribution < 1.29 is 4.79 Å². The molecule has 0 atom stereocenters. The van der Waals surface area contributed by atoms with E-state index in [2.05, 4.69) is 21.3 Å². The standard InChI is InChI=1S/C16H21N5OS/c1-10-6-5-7-14(13(10)4)17-16(23)19-18-15(22)9-21-12(3)8-11(2)20-21/h5-8H,9H2,1-4H3,(H,18,22)(H2,17,19,23). The molecule has 1 amide bonds. The Morgan fingerprint density at radius 1 is 1.22 bits per heavy atom. The molecule has 0 spiro atoms. The summed E-state index contributed by atoms with van der Waals surface area (Å²) in [5.74, 6) is -0.221. The van der Waals surface area contributed by atoms with Crippen LogP contribution in [0.4, 0.5) is 5.69 Å². The number of nitrogens with one attached hydrogen (secondary N) is 3. The fraction of sp³-hybridized carbons (Fsp3) is 0.312. The van der Waals surface area contributed by atoms with Crippen LogP contribution in [0.3, 0.4) is 0 Å². The molecule has 7 heteroatoms. The molecule has 0 radical (unpaired) electrons. The molecule has 2 rings (SSSR count). The average Bonchev–Trinajstić information content (AvgIpc) is 2.79. The lowest BCUT2D eigenvalue weighted by molar-refractivity contribution is -0.122. The second kappa shape index (κ2) is 7.23. The lowest BCUT2D eigenvalue weighted by Crippen LogP contribution is -2.45. The van der Waals surface area contributed by atoms with Gasteiger partial charge in [-0.05, 0) is 63.2 Å². The third-order valence-electron chi connectivity index (χ3n) is 3.57. The minimum Gasteiger partial charge on any atom is -0.331 e. The molecule has 2 aromatic rings. The van der Waals surface area contributed by atoms with Gasteiger partial charge in [0, 0.05) is 11.4 Å². The maximum absolute atomic E-state index is 11.9. The first-order valence-corrected chi connectivity index (χ1v) is 7.70. The first kappa shape index (κ1) is 17.0. The second-order valence-electron chi connectivity index (χ2n) is 5.46. The Morgan fingerprint density at radius 3 is 2.61 bits per heavy atom. The summed E-state index contributed by atoms with van der Waals surface area (Å²) in [7, 11) is 0. The molecule has 0 saturated heterocycles. The van der Waals surface area contributed by atoms with Crippen molar-refractivity contribution in [2.75, 3.05) is 5.32 Å². The Bertz CT molecular complexity index is 738. The van der Waals surface area contributed by atoms with Crippen molar-refractivity contribution in [3.8, 4) is 0 Å². The van der Waals surface area contributed by atoms with Gasteiger partial charge in [-0.25, -0.2) is 0 Å². The first-order valence-electron chi connectivity index (χ1n) is 7.30. The van der Waals surface area contributed by atoms with E-state index in [1.165, 1.54) is 5.56 Å². The van der Waals surface area contributed by atoms with Crippen LogP contribution in [0.25, 0.3) is 0 Å². The van der Waals surface area contributed by atoms with Crippen LogP contribution in [0.1, 0.15) is 22.5 Å². The summed E-state index contributed by atoms with van der Waals surface area (Å²) in [6.45, 7) is 7.99. The van der Waals surface area contributed by atoms with Crippen LogP contribution >= 0.6 is 12.2 Å². The highest BCUT2D eigenvalue weighted by Crippen LogP contribution is 2.17. The van der Waals surface area contributed by atoms with E-state index in [-0.39, 0.29) is 12.5 Å². The molecule has 0 aliphatic rings. The van der Waals surface area contributed by atoms with E-state index < -0.39 is 0 Å². The number of carbonyl (C=O) groups excluding carboxylic acids is 1. The van der Waals surface area contributed by atoms with Gasteiger partial charge in [0.15, 0.2) is 5.11 Å². The highest BCUT2D eigenvalue weighted by atomic mass is 32.1. The van der Waals surface area contributed by atoms with Crippen molar-refractivity contribution in [2.45, 2.75) is 34.2 Å². The van der Waals surface area contributed by atoms with Crippen molar-refractivity contribution in [3.63, 3.8) is 0 Å². The van der Waals surface area contributed by atoms with Crippen molar-refractivity contribution in [3.05, 3.63) is 46.8 Å². The van der Waals surface area contributed by atoms with Gasteiger partial charge in [-0.1, -0.05) is 12.1 Å². The Kier molecular flexibility index (Phi) is 5.33. The van der Waals surface area contributed by atoms with E-state index in [4.69, 9.17) is 12.2 Å². The van der Waals surface area contributed by atoms with E-state index in [1.807, 2.05) is 52.0 Å². The molecule has 0 aliphatic carbocycles. The minimum atomic E-state index is -0.221. The lowest BCUT2D eigenvalue weighted by atomic mass is 10.1. The van der Waals surface area contributed by atoms with Crippen molar-refractivity contribution in [1.82, 2.24) is 20.6 Å². The molecule has 3 N–H and O–H groups in total. The van der Waals surface area contributed by atoms with Gasteiger partial charge in [-0.3, -0.25) is 20.3 Å². The van der Waals surface area contributed by atoms with Gasteiger partial charge < -0.3 is 5.32 Å². The quantitative estimate of drug-likeness (QED) is 0.594. The normalized spacial score (nSPS) is 10.3. The fourth-order valence-electron chi connectivity index (χ4n) is 2.18. The largest absolute Gasteiger partial charge is 0.331 e. The van der Waals surface area contributed by atoms with Crippen LogP contribution in [0, 0.1) is 27.7 Å². The number of amides is 1. The molecular weight excluding hydrogens is 310 g/mol.